The number of carbonyl (C=O) groups excluding carboxylic acids is 1. The van der Waals surface area contributed by atoms with Crippen LogP contribution in [-0.4, -0.2) is 42.9 Å². The molecule has 0 fully saturated rings. The summed E-state index contributed by atoms with van der Waals surface area (Å²) in [5.74, 6) is -0.896. The largest absolute Gasteiger partial charge is 0.390 e. The van der Waals surface area contributed by atoms with Crippen LogP contribution in [0.1, 0.15) is 17.5 Å². The number of amides is 1. The van der Waals surface area contributed by atoms with E-state index in [0.29, 0.717) is 17.7 Å². The minimum Gasteiger partial charge on any atom is -0.390 e. The molecular weight excluding hydrogens is 354 g/mol. The van der Waals surface area contributed by atoms with E-state index in [1.165, 1.54) is 31.4 Å². The molecule has 1 aliphatic rings. The van der Waals surface area contributed by atoms with E-state index < -0.39 is 0 Å². The van der Waals surface area contributed by atoms with E-state index in [-0.39, 0.29) is 43.3 Å². The monoisotopic (exact) mass is 374 g/mol. The number of ether oxygens (including phenoxy) is 1. The summed E-state index contributed by atoms with van der Waals surface area (Å²) in [5, 5.41) is 4.06. The fraction of sp³-hybridized carbons (Fsp3) is 0.300. The van der Waals surface area contributed by atoms with E-state index in [0.717, 1.165) is 5.56 Å². The van der Waals surface area contributed by atoms with Gasteiger partial charge in [-0.1, -0.05) is 29.4 Å². The predicted molar refractivity (Wildman–Crippen MR) is 96.1 cm³/mol. The van der Waals surface area contributed by atoms with Crippen molar-refractivity contribution < 1.29 is 23.1 Å². The molecule has 0 N–H and O–H groups in total. The fourth-order valence-electron chi connectivity index (χ4n) is 2.91. The Bertz CT molecular complexity index is 824. The normalized spacial score (nSPS) is 16.0. The van der Waals surface area contributed by atoms with Crippen molar-refractivity contribution in [3.8, 4) is 0 Å². The van der Waals surface area contributed by atoms with Crippen LogP contribution in [-0.2, 0) is 20.9 Å². The lowest BCUT2D eigenvalue weighted by atomic mass is 10.0. The van der Waals surface area contributed by atoms with Gasteiger partial charge in [0, 0.05) is 20.1 Å². The Morgan fingerprint density at radius 2 is 2.00 bits per heavy atom. The number of carbonyl (C=O) groups is 1. The zero-order valence-electron chi connectivity index (χ0n) is 14.9. The highest BCUT2D eigenvalue weighted by molar-refractivity contribution is 6.01. The smallest absolute Gasteiger partial charge is 0.248 e. The van der Waals surface area contributed by atoms with Crippen LogP contribution in [0.15, 0.2) is 53.7 Å². The Morgan fingerprint density at radius 3 is 2.70 bits per heavy atom. The van der Waals surface area contributed by atoms with Gasteiger partial charge in [0.15, 0.2) is 6.10 Å². The topological polar surface area (TPSA) is 51.1 Å². The van der Waals surface area contributed by atoms with Crippen molar-refractivity contribution >= 4 is 11.6 Å². The highest BCUT2D eigenvalue weighted by atomic mass is 19.1. The Kier molecular flexibility index (Phi) is 6.13. The highest BCUT2D eigenvalue weighted by Gasteiger charge is 2.27. The number of benzene rings is 2. The summed E-state index contributed by atoms with van der Waals surface area (Å²) in [6, 6.07) is 12.1. The summed E-state index contributed by atoms with van der Waals surface area (Å²) in [4.78, 5) is 19.4. The average molecular weight is 374 g/mol. The number of oxime groups is 1. The van der Waals surface area contributed by atoms with Crippen LogP contribution in [0.2, 0.25) is 0 Å². The molecule has 0 saturated heterocycles. The molecule has 1 amide bonds. The summed E-state index contributed by atoms with van der Waals surface area (Å²) in [5.41, 5.74) is 2.15. The van der Waals surface area contributed by atoms with Gasteiger partial charge in [-0.25, -0.2) is 8.78 Å². The summed E-state index contributed by atoms with van der Waals surface area (Å²) in [6.45, 7) is 0.451. The third-order valence-electron chi connectivity index (χ3n) is 4.22. The number of rotatable bonds is 7. The van der Waals surface area contributed by atoms with Crippen LogP contribution >= 0.6 is 0 Å². The first-order chi connectivity index (χ1) is 13.0. The maximum Gasteiger partial charge on any atom is 0.248 e. The molecule has 0 aliphatic carbocycles. The molecule has 142 valence electrons. The Morgan fingerprint density at radius 1 is 1.22 bits per heavy atom. The van der Waals surface area contributed by atoms with Gasteiger partial charge < -0.3 is 14.5 Å². The van der Waals surface area contributed by atoms with Crippen molar-refractivity contribution in [1.29, 1.82) is 0 Å². The lowest BCUT2D eigenvalue weighted by Gasteiger charge is -2.24. The van der Waals surface area contributed by atoms with Gasteiger partial charge in [0.05, 0.1) is 12.3 Å². The molecule has 1 aliphatic heterocycles. The summed E-state index contributed by atoms with van der Waals surface area (Å²) < 4.78 is 31.4. The predicted octanol–water partition coefficient (Wildman–Crippen LogP) is 3.13. The number of hydrogen-bond acceptors (Lipinski definition) is 4. The number of methoxy groups -OCH3 is 1. The van der Waals surface area contributed by atoms with Gasteiger partial charge in [0.2, 0.25) is 5.91 Å². The first kappa shape index (κ1) is 19.0. The lowest BCUT2D eigenvalue weighted by molar-refractivity contribution is -0.137. The van der Waals surface area contributed by atoms with Crippen molar-refractivity contribution in [2.75, 3.05) is 20.3 Å². The van der Waals surface area contributed by atoms with Crippen LogP contribution in [0.4, 0.5) is 8.78 Å². The van der Waals surface area contributed by atoms with Crippen molar-refractivity contribution in [3.05, 3.63) is 71.3 Å². The van der Waals surface area contributed by atoms with Crippen LogP contribution in [0.3, 0.4) is 0 Å². The second-order valence-electron chi connectivity index (χ2n) is 6.31. The average Bonchev–Trinajstić information content (AvgIpc) is 3.10. The van der Waals surface area contributed by atoms with Crippen molar-refractivity contribution in [3.63, 3.8) is 0 Å². The molecule has 0 radical (unpaired) electrons. The maximum atomic E-state index is 13.4. The molecule has 27 heavy (non-hydrogen) atoms. The molecule has 0 spiro atoms. The number of nitrogens with zero attached hydrogens (tertiary/aromatic N) is 2. The van der Waals surface area contributed by atoms with Crippen molar-refractivity contribution in [2.24, 2.45) is 5.16 Å². The Balaban J connectivity index is 1.66. The van der Waals surface area contributed by atoms with E-state index in [1.54, 1.807) is 29.2 Å². The standard InChI is InChI=1S/C20H20F2N2O3/c1-26-13-20(25)24(11-14-3-2-4-17(22)9-14)12-18-10-19(23-27-18)15-5-7-16(21)8-6-15/h2-9,18H,10-13H2,1H3. The molecule has 2 aromatic carbocycles. The van der Waals surface area contributed by atoms with Crippen molar-refractivity contribution in [2.45, 2.75) is 19.1 Å². The summed E-state index contributed by atoms with van der Waals surface area (Å²) in [6.07, 6.45) is 0.158. The molecular formula is C20H20F2N2O3. The molecule has 1 atom stereocenters. The molecule has 3 rings (SSSR count). The van der Waals surface area contributed by atoms with E-state index in [9.17, 15) is 13.6 Å². The number of hydrogen-bond donors (Lipinski definition) is 0. The van der Waals surface area contributed by atoms with Crippen molar-refractivity contribution in [1.82, 2.24) is 4.90 Å². The summed E-state index contributed by atoms with van der Waals surface area (Å²) >= 11 is 0. The zero-order valence-corrected chi connectivity index (χ0v) is 14.9. The van der Waals surface area contributed by atoms with E-state index in [1.807, 2.05) is 0 Å². The first-order valence-electron chi connectivity index (χ1n) is 8.55. The van der Waals surface area contributed by atoms with Gasteiger partial charge >= 0.3 is 0 Å². The maximum absolute atomic E-state index is 13.4. The summed E-state index contributed by atoms with van der Waals surface area (Å²) in [7, 11) is 1.44. The van der Waals surface area contributed by atoms with Gasteiger partial charge in [-0.15, -0.1) is 0 Å². The van der Waals surface area contributed by atoms with E-state index in [2.05, 4.69) is 5.16 Å². The van der Waals surface area contributed by atoms with E-state index >= 15 is 0 Å². The molecule has 0 aromatic heterocycles. The minimum absolute atomic E-state index is 0.0757. The third kappa shape index (κ3) is 5.10. The van der Waals surface area contributed by atoms with Crippen LogP contribution < -0.4 is 0 Å². The second kappa shape index (κ2) is 8.73. The van der Waals surface area contributed by atoms with Crippen LogP contribution in [0.5, 0.6) is 0 Å². The fourth-order valence-corrected chi connectivity index (χ4v) is 2.91. The molecule has 1 heterocycles. The zero-order chi connectivity index (χ0) is 19.2. The van der Waals surface area contributed by atoms with Gasteiger partial charge in [-0.05, 0) is 35.4 Å². The Hall–Kier alpha value is -2.80. The third-order valence-corrected chi connectivity index (χ3v) is 4.22. The quantitative estimate of drug-likeness (QED) is 0.748. The minimum atomic E-state index is -0.356. The van der Waals surface area contributed by atoms with Gasteiger partial charge in [0.1, 0.15) is 18.2 Å². The second-order valence-corrected chi connectivity index (χ2v) is 6.31. The molecule has 7 heteroatoms. The molecule has 0 saturated carbocycles. The molecule has 5 nitrogen and oxygen atoms in total. The van der Waals surface area contributed by atoms with E-state index in [4.69, 9.17) is 9.57 Å². The van der Waals surface area contributed by atoms with Crippen LogP contribution in [0, 0.1) is 11.6 Å². The van der Waals surface area contributed by atoms with Gasteiger partial charge in [-0.3, -0.25) is 4.79 Å². The number of halogens is 2. The molecule has 1 unspecified atom stereocenters. The molecule has 2 aromatic rings. The molecule has 0 bridgehead atoms. The van der Waals surface area contributed by atoms with Crippen LogP contribution in [0.25, 0.3) is 0 Å². The highest BCUT2D eigenvalue weighted by Crippen LogP contribution is 2.19. The Labute approximate surface area is 156 Å². The van der Waals surface area contributed by atoms with Gasteiger partial charge in [0.25, 0.3) is 0 Å². The SMILES string of the molecule is COCC(=O)N(Cc1cccc(F)c1)CC1CC(c2ccc(F)cc2)=NO1. The first-order valence-corrected chi connectivity index (χ1v) is 8.55. The lowest BCUT2D eigenvalue weighted by Crippen LogP contribution is -2.39. The van der Waals surface area contributed by atoms with Gasteiger partial charge in [-0.2, -0.15) is 0 Å².